The van der Waals surface area contributed by atoms with Crippen LogP contribution >= 0.6 is 0 Å². The molecule has 4 nitrogen and oxygen atoms in total. The van der Waals surface area contributed by atoms with Crippen LogP contribution in [0.3, 0.4) is 0 Å². The fourth-order valence-electron chi connectivity index (χ4n) is 2.78. The van der Waals surface area contributed by atoms with Crippen molar-refractivity contribution in [2.24, 2.45) is 0 Å². The molecule has 0 aromatic rings. The molecule has 1 saturated heterocycles. The second-order valence-corrected chi connectivity index (χ2v) is 6.28. The predicted octanol–water partition coefficient (Wildman–Crippen LogP) is 2.49. The van der Waals surface area contributed by atoms with E-state index in [1.807, 2.05) is 11.9 Å². The number of piperazine rings is 1. The third kappa shape index (κ3) is 9.10. The van der Waals surface area contributed by atoms with Crippen LogP contribution in [0.2, 0.25) is 0 Å². The molecule has 0 aliphatic carbocycles. The lowest BCUT2D eigenvalue weighted by atomic mass is 10.1. The van der Waals surface area contributed by atoms with Crippen molar-refractivity contribution in [1.82, 2.24) is 15.1 Å². The summed E-state index contributed by atoms with van der Waals surface area (Å²) in [5.41, 5.74) is 0. The number of nitrogens with zero attached hydrogens (tertiary/aromatic N) is 2. The van der Waals surface area contributed by atoms with Crippen molar-refractivity contribution in [2.45, 2.75) is 58.3 Å². The van der Waals surface area contributed by atoms with Gasteiger partial charge in [-0.1, -0.05) is 45.4 Å². The summed E-state index contributed by atoms with van der Waals surface area (Å²) in [7, 11) is 1.95. The van der Waals surface area contributed by atoms with Crippen LogP contribution in [-0.4, -0.2) is 62.0 Å². The van der Waals surface area contributed by atoms with Crippen LogP contribution in [0, 0.1) is 0 Å². The van der Waals surface area contributed by atoms with Gasteiger partial charge in [-0.2, -0.15) is 0 Å². The summed E-state index contributed by atoms with van der Waals surface area (Å²) >= 11 is 0. The highest BCUT2D eigenvalue weighted by Crippen LogP contribution is 2.09. The number of nitrogens with one attached hydrogen (secondary N) is 1. The van der Waals surface area contributed by atoms with Gasteiger partial charge in [0.2, 0.25) is 5.91 Å². The van der Waals surface area contributed by atoms with Crippen LogP contribution in [-0.2, 0) is 4.79 Å². The van der Waals surface area contributed by atoms with E-state index in [1.165, 1.54) is 38.5 Å². The molecule has 0 aromatic carbocycles. The van der Waals surface area contributed by atoms with Crippen LogP contribution in [0.4, 0.5) is 0 Å². The van der Waals surface area contributed by atoms with E-state index >= 15 is 0 Å². The smallest absolute Gasteiger partial charge is 0.222 e. The average molecular weight is 297 g/mol. The summed E-state index contributed by atoms with van der Waals surface area (Å²) in [6.45, 7) is 8.51. The highest BCUT2D eigenvalue weighted by Gasteiger charge is 2.12. The normalized spacial score (nSPS) is 16.1. The molecule has 1 fully saturated rings. The molecular formula is C17H35N3O. The Balaban J connectivity index is 1.97. The molecule has 0 atom stereocenters. The van der Waals surface area contributed by atoms with Crippen LogP contribution in [0.1, 0.15) is 58.3 Å². The van der Waals surface area contributed by atoms with Gasteiger partial charge < -0.3 is 10.2 Å². The van der Waals surface area contributed by atoms with Crippen molar-refractivity contribution >= 4 is 5.91 Å². The summed E-state index contributed by atoms with van der Waals surface area (Å²) in [5.74, 6) is 0.318. The molecule has 21 heavy (non-hydrogen) atoms. The number of likely N-dealkylation sites (N-methyl/N-ethyl adjacent to an activating group) is 1. The number of unbranched alkanes of at least 4 members (excludes halogenated alkanes) is 6. The predicted molar refractivity (Wildman–Crippen MR) is 89.6 cm³/mol. The summed E-state index contributed by atoms with van der Waals surface area (Å²) in [6, 6.07) is 0. The van der Waals surface area contributed by atoms with E-state index in [-0.39, 0.29) is 0 Å². The minimum atomic E-state index is 0.318. The summed E-state index contributed by atoms with van der Waals surface area (Å²) in [6.07, 6.45) is 9.63. The minimum Gasteiger partial charge on any atom is -0.344 e. The summed E-state index contributed by atoms with van der Waals surface area (Å²) in [4.78, 5) is 16.4. The monoisotopic (exact) mass is 297 g/mol. The Bertz CT molecular complexity index is 265. The summed E-state index contributed by atoms with van der Waals surface area (Å²) < 4.78 is 0. The van der Waals surface area contributed by atoms with Crippen molar-refractivity contribution < 1.29 is 4.79 Å². The van der Waals surface area contributed by atoms with E-state index in [2.05, 4.69) is 17.1 Å². The number of hydrogen-bond donors (Lipinski definition) is 1. The van der Waals surface area contributed by atoms with Gasteiger partial charge in [0, 0.05) is 52.7 Å². The highest BCUT2D eigenvalue weighted by atomic mass is 16.2. The van der Waals surface area contributed by atoms with Crippen molar-refractivity contribution in [3.8, 4) is 0 Å². The molecule has 0 aromatic heterocycles. The topological polar surface area (TPSA) is 35.6 Å². The van der Waals surface area contributed by atoms with Gasteiger partial charge in [0.05, 0.1) is 0 Å². The SMILES string of the molecule is CCCCCCCCCC(=O)N(C)CCN1CCNCC1. The van der Waals surface area contributed by atoms with Gasteiger partial charge in [0.25, 0.3) is 0 Å². The quantitative estimate of drug-likeness (QED) is 0.595. The molecule has 0 unspecified atom stereocenters. The zero-order valence-corrected chi connectivity index (χ0v) is 14.2. The average Bonchev–Trinajstić information content (AvgIpc) is 2.52. The lowest BCUT2D eigenvalue weighted by molar-refractivity contribution is -0.130. The van der Waals surface area contributed by atoms with Crippen molar-refractivity contribution in [3.63, 3.8) is 0 Å². The maximum atomic E-state index is 12.0. The molecule has 0 radical (unpaired) electrons. The summed E-state index contributed by atoms with van der Waals surface area (Å²) in [5, 5.41) is 3.36. The molecule has 0 bridgehead atoms. The van der Waals surface area contributed by atoms with Crippen LogP contribution in [0.15, 0.2) is 0 Å². The van der Waals surface area contributed by atoms with Gasteiger partial charge in [0.15, 0.2) is 0 Å². The van der Waals surface area contributed by atoms with E-state index in [4.69, 9.17) is 0 Å². The standard InChI is InChI=1S/C17H35N3O/c1-3-4-5-6-7-8-9-10-17(21)19(2)15-16-20-13-11-18-12-14-20/h18H,3-16H2,1-2H3. The number of carbonyl (C=O) groups is 1. The molecule has 1 amide bonds. The maximum absolute atomic E-state index is 12.0. The van der Waals surface area contributed by atoms with Crippen molar-refractivity contribution in [2.75, 3.05) is 46.3 Å². The maximum Gasteiger partial charge on any atom is 0.222 e. The van der Waals surface area contributed by atoms with Crippen molar-refractivity contribution in [1.29, 1.82) is 0 Å². The first-order valence-electron chi connectivity index (χ1n) is 8.91. The Morgan fingerprint density at radius 2 is 1.67 bits per heavy atom. The van der Waals surface area contributed by atoms with Crippen LogP contribution < -0.4 is 5.32 Å². The molecule has 0 saturated carbocycles. The van der Waals surface area contributed by atoms with E-state index in [0.29, 0.717) is 5.91 Å². The van der Waals surface area contributed by atoms with E-state index in [1.54, 1.807) is 0 Å². The molecule has 1 heterocycles. The Kier molecular flexibility index (Phi) is 10.5. The Morgan fingerprint density at radius 1 is 1.05 bits per heavy atom. The van der Waals surface area contributed by atoms with Gasteiger partial charge >= 0.3 is 0 Å². The Morgan fingerprint density at radius 3 is 2.33 bits per heavy atom. The molecular weight excluding hydrogens is 262 g/mol. The van der Waals surface area contributed by atoms with E-state index in [9.17, 15) is 4.79 Å². The van der Waals surface area contributed by atoms with Gasteiger partial charge in [-0.15, -0.1) is 0 Å². The fraction of sp³-hybridized carbons (Fsp3) is 0.941. The first-order valence-corrected chi connectivity index (χ1v) is 8.91. The first-order chi connectivity index (χ1) is 10.2. The highest BCUT2D eigenvalue weighted by molar-refractivity contribution is 5.75. The van der Waals surface area contributed by atoms with Gasteiger partial charge in [0.1, 0.15) is 0 Å². The van der Waals surface area contributed by atoms with E-state index in [0.717, 1.165) is 52.1 Å². The first kappa shape index (κ1) is 18.4. The van der Waals surface area contributed by atoms with Crippen molar-refractivity contribution in [3.05, 3.63) is 0 Å². The molecule has 1 aliphatic heterocycles. The third-order valence-electron chi connectivity index (χ3n) is 4.38. The van der Waals surface area contributed by atoms with Crippen LogP contribution in [0.5, 0.6) is 0 Å². The zero-order valence-electron chi connectivity index (χ0n) is 14.2. The number of rotatable bonds is 11. The van der Waals surface area contributed by atoms with Gasteiger partial charge in [-0.05, 0) is 6.42 Å². The van der Waals surface area contributed by atoms with Crippen LogP contribution in [0.25, 0.3) is 0 Å². The number of hydrogen-bond acceptors (Lipinski definition) is 3. The molecule has 1 rings (SSSR count). The lowest BCUT2D eigenvalue weighted by Gasteiger charge is -2.29. The Labute approximate surface area is 131 Å². The van der Waals surface area contributed by atoms with Gasteiger partial charge in [-0.25, -0.2) is 0 Å². The van der Waals surface area contributed by atoms with E-state index < -0.39 is 0 Å². The molecule has 1 N–H and O–H groups in total. The molecule has 124 valence electrons. The minimum absolute atomic E-state index is 0.318. The fourth-order valence-corrected chi connectivity index (χ4v) is 2.78. The van der Waals surface area contributed by atoms with Gasteiger partial charge in [-0.3, -0.25) is 9.69 Å². The lowest BCUT2D eigenvalue weighted by Crippen LogP contribution is -2.46. The molecule has 4 heteroatoms. The number of amides is 1. The third-order valence-corrected chi connectivity index (χ3v) is 4.38. The molecule has 0 spiro atoms. The second-order valence-electron chi connectivity index (χ2n) is 6.28. The number of carbonyl (C=O) groups excluding carboxylic acids is 1. The largest absolute Gasteiger partial charge is 0.344 e. The Hall–Kier alpha value is -0.610. The molecule has 1 aliphatic rings. The zero-order chi connectivity index (χ0) is 15.3. The second kappa shape index (κ2) is 12.0.